The maximum atomic E-state index is 11.1. The summed E-state index contributed by atoms with van der Waals surface area (Å²) in [6.07, 6.45) is 0.0212. The Labute approximate surface area is 128 Å². The molecule has 3 aromatic rings. The van der Waals surface area contributed by atoms with E-state index in [0.29, 0.717) is 16.7 Å². The average molecular weight is 320 g/mol. The number of hydrogen-bond donors (Lipinski definition) is 2. The summed E-state index contributed by atoms with van der Waals surface area (Å²) in [7, 11) is 0. The summed E-state index contributed by atoms with van der Waals surface area (Å²) in [4.78, 5) is 21.7. The Balaban J connectivity index is 2.09. The van der Waals surface area contributed by atoms with Gasteiger partial charge >= 0.3 is 11.9 Å². The van der Waals surface area contributed by atoms with Crippen molar-refractivity contribution in [3.05, 3.63) is 24.3 Å². The molecular formula is C13H12N4O4S. The summed E-state index contributed by atoms with van der Waals surface area (Å²) in [5.41, 5.74) is 1.54. The zero-order chi connectivity index (χ0) is 15.7. The highest BCUT2D eigenvalue weighted by Gasteiger charge is 2.18. The predicted octanol–water partition coefficient (Wildman–Crippen LogP) is 1.34. The lowest BCUT2D eigenvalue weighted by Crippen LogP contribution is -2.08. The van der Waals surface area contributed by atoms with Crippen LogP contribution in [0.2, 0.25) is 0 Å². The van der Waals surface area contributed by atoms with Crippen LogP contribution in [0, 0.1) is 0 Å². The Kier molecular flexibility index (Phi) is 3.72. The van der Waals surface area contributed by atoms with Crippen molar-refractivity contribution in [2.75, 3.05) is 5.75 Å². The highest BCUT2D eigenvalue weighted by atomic mass is 32.2. The monoisotopic (exact) mass is 320 g/mol. The molecule has 0 unspecified atom stereocenters. The normalized spacial score (nSPS) is 11.3. The molecule has 0 saturated carbocycles. The molecule has 2 heterocycles. The van der Waals surface area contributed by atoms with E-state index in [-0.39, 0.29) is 13.0 Å². The number of aromatic nitrogens is 4. The van der Waals surface area contributed by atoms with E-state index in [0.717, 1.165) is 11.0 Å². The van der Waals surface area contributed by atoms with Crippen molar-refractivity contribution in [1.82, 2.24) is 19.2 Å². The number of thioether (sulfide) groups is 1. The van der Waals surface area contributed by atoms with Gasteiger partial charge in [0.2, 0.25) is 5.78 Å². The third kappa shape index (κ3) is 2.50. The molecule has 0 atom stereocenters. The fourth-order valence-corrected chi connectivity index (χ4v) is 3.12. The zero-order valence-electron chi connectivity index (χ0n) is 11.3. The van der Waals surface area contributed by atoms with Crippen LogP contribution in [0.3, 0.4) is 0 Å². The molecule has 22 heavy (non-hydrogen) atoms. The van der Waals surface area contributed by atoms with E-state index < -0.39 is 11.9 Å². The van der Waals surface area contributed by atoms with Crippen LogP contribution in [-0.4, -0.2) is 47.1 Å². The fourth-order valence-electron chi connectivity index (χ4n) is 2.25. The van der Waals surface area contributed by atoms with Gasteiger partial charge in [0, 0.05) is 5.75 Å². The van der Waals surface area contributed by atoms with Crippen LogP contribution in [0.4, 0.5) is 0 Å². The lowest BCUT2D eigenvalue weighted by molar-refractivity contribution is -0.138. The van der Waals surface area contributed by atoms with Gasteiger partial charge < -0.3 is 10.2 Å². The third-order valence-electron chi connectivity index (χ3n) is 3.11. The second-order valence-electron chi connectivity index (χ2n) is 4.58. The van der Waals surface area contributed by atoms with Crippen molar-refractivity contribution in [1.29, 1.82) is 0 Å². The summed E-state index contributed by atoms with van der Waals surface area (Å²) in [5.74, 6) is -1.04. The molecule has 0 spiro atoms. The zero-order valence-corrected chi connectivity index (χ0v) is 12.2. The number of carboxylic acid groups (broad SMARTS) is 2. The van der Waals surface area contributed by atoms with Crippen LogP contribution in [0.15, 0.2) is 29.4 Å². The van der Waals surface area contributed by atoms with Gasteiger partial charge in [-0.2, -0.15) is 0 Å². The second kappa shape index (κ2) is 5.68. The van der Waals surface area contributed by atoms with Crippen LogP contribution in [0.5, 0.6) is 0 Å². The van der Waals surface area contributed by atoms with Crippen LogP contribution >= 0.6 is 11.8 Å². The van der Waals surface area contributed by atoms with E-state index in [1.807, 2.05) is 24.3 Å². The van der Waals surface area contributed by atoms with Gasteiger partial charge in [-0.15, -0.1) is 10.2 Å². The summed E-state index contributed by atoms with van der Waals surface area (Å²) in [5, 5.41) is 26.4. The molecule has 0 saturated heterocycles. The first kappa shape index (κ1) is 14.4. The number of para-hydroxylation sites is 2. The highest BCUT2D eigenvalue weighted by molar-refractivity contribution is 7.99. The molecule has 9 heteroatoms. The summed E-state index contributed by atoms with van der Waals surface area (Å²) >= 11 is 1.28. The topological polar surface area (TPSA) is 110 Å². The standard InChI is InChI=1S/C13H12N4O4S/c18-10(19)5-6-22-13-15-14-12-16(7-11(20)21)8-3-1-2-4-9(8)17(12)13/h1-4H,5-7H2,(H,18,19)(H,20,21). The summed E-state index contributed by atoms with van der Waals surface area (Å²) in [6.45, 7) is -0.213. The van der Waals surface area contributed by atoms with Crippen LogP contribution in [0.1, 0.15) is 6.42 Å². The number of rotatable bonds is 6. The van der Waals surface area contributed by atoms with Gasteiger partial charge in [0.25, 0.3) is 0 Å². The Morgan fingerprint density at radius 2 is 1.82 bits per heavy atom. The fraction of sp³-hybridized carbons (Fsp3) is 0.231. The van der Waals surface area contributed by atoms with E-state index in [1.54, 1.807) is 8.97 Å². The number of carboxylic acids is 2. The summed E-state index contributed by atoms with van der Waals surface area (Å²) < 4.78 is 3.33. The third-order valence-corrected chi connectivity index (χ3v) is 4.04. The van der Waals surface area contributed by atoms with Crippen LogP contribution in [0.25, 0.3) is 16.8 Å². The number of benzene rings is 1. The van der Waals surface area contributed by atoms with Crippen molar-refractivity contribution in [3.8, 4) is 0 Å². The first-order valence-electron chi connectivity index (χ1n) is 6.46. The Bertz CT molecular complexity index is 870. The van der Waals surface area contributed by atoms with Gasteiger partial charge in [-0.25, -0.2) is 0 Å². The van der Waals surface area contributed by atoms with Crippen molar-refractivity contribution in [3.63, 3.8) is 0 Å². The van der Waals surface area contributed by atoms with Crippen LogP contribution < -0.4 is 0 Å². The number of carbonyl (C=O) groups is 2. The SMILES string of the molecule is O=C(O)CCSc1nnc2n(CC(=O)O)c3ccccc3n12. The minimum atomic E-state index is -0.966. The van der Waals surface area contributed by atoms with Gasteiger partial charge in [-0.1, -0.05) is 23.9 Å². The molecule has 1 aromatic carbocycles. The first-order valence-corrected chi connectivity index (χ1v) is 7.45. The minimum Gasteiger partial charge on any atom is -0.481 e. The smallest absolute Gasteiger partial charge is 0.323 e. The van der Waals surface area contributed by atoms with E-state index in [4.69, 9.17) is 10.2 Å². The number of hydrogen-bond acceptors (Lipinski definition) is 5. The molecular weight excluding hydrogens is 308 g/mol. The second-order valence-corrected chi connectivity index (χ2v) is 5.64. The summed E-state index contributed by atoms with van der Waals surface area (Å²) in [6, 6.07) is 7.34. The van der Waals surface area contributed by atoms with Crippen molar-refractivity contribution in [2.45, 2.75) is 18.1 Å². The van der Waals surface area contributed by atoms with Crippen molar-refractivity contribution < 1.29 is 19.8 Å². The highest BCUT2D eigenvalue weighted by Crippen LogP contribution is 2.26. The number of imidazole rings is 1. The largest absolute Gasteiger partial charge is 0.481 e. The van der Waals surface area contributed by atoms with Gasteiger partial charge in [0.15, 0.2) is 5.16 Å². The molecule has 0 fully saturated rings. The molecule has 8 nitrogen and oxygen atoms in total. The van der Waals surface area contributed by atoms with Gasteiger partial charge in [0.1, 0.15) is 6.54 Å². The van der Waals surface area contributed by atoms with Crippen molar-refractivity contribution in [2.24, 2.45) is 0 Å². The molecule has 0 radical (unpaired) electrons. The lowest BCUT2D eigenvalue weighted by Gasteiger charge is -1.99. The van der Waals surface area contributed by atoms with E-state index in [9.17, 15) is 9.59 Å². The van der Waals surface area contributed by atoms with Gasteiger partial charge in [-0.3, -0.25) is 18.6 Å². The number of nitrogens with zero attached hydrogens (tertiary/aromatic N) is 4. The maximum Gasteiger partial charge on any atom is 0.323 e. The Morgan fingerprint density at radius 3 is 2.50 bits per heavy atom. The van der Waals surface area contributed by atoms with Gasteiger partial charge in [-0.05, 0) is 12.1 Å². The van der Waals surface area contributed by atoms with E-state index in [1.165, 1.54) is 11.8 Å². The van der Waals surface area contributed by atoms with Crippen molar-refractivity contribution >= 4 is 40.5 Å². The number of aliphatic carboxylic acids is 2. The molecule has 0 aliphatic rings. The quantitative estimate of drug-likeness (QED) is 0.659. The molecule has 0 amide bonds. The Hall–Kier alpha value is -2.55. The lowest BCUT2D eigenvalue weighted by atomic mass is 10.3. The predicted molar refractivity (Wildman–Crippen MR) is 79.1 cm³/mol. The van der Waals surface area contributed by atoms with E-state index in [2.05, 4.69) is 10.2 Å². The molecule has 2 N–H and O–H groups in total. The van der Waals surface area contributed by atoms with Gasteiger partial charge in [0.05, 0.1) is 17.5 Å². The van der Waals surface area contributed by atoms with Crippen LogP contribution in [-0.2, 0) is 16.1 Å². The molecule has 0 bridgehead atoms. The molecule has 114 valence electrons. The minimum absolute atomic E-state index is 0.0212. The van der Waals surface area contributed by atoms with E-state index >= 15 is 0 Å². The number of fused-ring (bicyclic) bond motifs is 3. The molecule has 3 rings (SSSR count). The Morgan fingerprint density at radius 1 is 1.09 bits per heavy atom. The first-order chi connectivity index (χ1) is 10.6. The molecule has 0 aliphatic carbocycles. The molecule has 2 aromatic heterocycles. The maximum absolute atomic E-state index is 11.1. The average Bonchev–Trinajstić information content (AvgIpc) is 2.99. The molecule has 0 aliphatic heterocycles.